The number of hydrogen-bond acceptors (Lipinski definition) is 7. The number of aromatic nitrogens is 3. The van der Waals surface area contributed by atoms with E-state index in [0.29, 0.717) is 55.9 Å². The zero-order valence-corrected chi connectivity index (χ0v) is 17.9. The zero-order chi connectivity index (χ0) is 23.0. The Hall–Kier alpha value is -4.34. The van der Waals surface area contributed by atoms with Crippen LogP contribution in [0, 0.1) is 0 Å². The van der Waals surface area contributed by atoms with Gasteiger partial charge in [-0.15, -0.1) is 0 Å². The number of hydrogen-bond donors (Lipinski definition) is 3. The number of fused-ring (bicyclic) bond motifs is 5. The highest BCUT2D eigenvalue weighted by atomic mass is 16.7. The molecule has 3 N–H and O–H groups in total. The summed E-state index contributed by atoms with van der Waals surface area (Å²) in [5.74, 6) is 0.897. The van der Waals surface area contributed by atoms with Gasteiger partial charge in [-0.05, 0) is 43.7 Å². The van der Waals surface area contributed by atoms with Crippen LogP contribution in [-0.2, 0) is 0 Å². The van der Waals surface area contributed by atoms with E-state index in [0.717, 1.165) is 0 Å². The summed E-state index contributed by atoms with van der Waals surface area (Å²) >= 11 is 0. The van der Waals surface area contributed by atoms with Gasteiger partial charge in [-0.2, -0.15) is 0 Å². The number of nitrogens with zero attached hydrogens (tertiary/aromatic N) is 1. The second-order valence-corrected chi connectivity index (χ2v) is 8.14. The first kappa shape index (κ1) is 19.4. The van der Waals surface area contributed by atoms with Gasteiger partial charge in [0, 0.05) is 17.0 Å². The number of ether oxygens (including phenoxy) is 3. The number of H-pyrrole nitrogens is 2. The molecule has 10 nitrogen and oxygen atoms in total. The maximum Gasteiger partial charge on any atom is 0.274 e. The van der Waals surface area contributed by atoms with Crippen molar-refractivity contribution in [2.75, 3.05) is 13.9 Å². The molecule has 6 rings (SSSR count). The van der Waals surface area contributed by atoms with Crippen LogP contribution >= 0.6 is 0 Å². The predicted octanol–water partition coefficient (Wildman–Crippen LogP) is 3.61. The summed E-state index contributed by atoms with van der Waals surface area (Å²) in [6, 6.07) is 6.29. The molecule has 5 aromatic rings. The molecule has 1 aliphatic rings. The van der Waals surface area contributed by atoms with Crippen LogP contribution in [0.25, 0.3) is 44.2 Å². The molecule has 33 heavy (non-hydrogen) atoms. The summed E-state index contributed by atoms with van der Waals surface area (Å²) in [6.07, 6.45) is 0. The van der Waals surface area contributed by atoms with Crippen LogP contribution in [0.15, 0.2) is 38.3 Å². The van der Waals surface area contributed by atoms with E-state index in [9.17, 15) is 14.7 Å². The van der Waals surface area contributed by atoms with Crippen molar-refractivity contribution >= 4 is 33.1 Å². The molecule has 168 valence electrons. The molecule has 0 aliphatic carbocycles. The van der Waals surface area contributed by atoms with Crippen molar-refractivity contribution in [1.29, 1.82) is 0 Å². The van der Waals surface area contributed by atoms with Gasteiger partial charge in [0.05, 0.1) is 18.0 Å². The molecule has 0 saturated heterocycles. The molecule has 0 spiro atoms. The van der Waals surface area contributed by atoms with Crippen LogP contribution < -0.4 is 25.2 Å². The fraction of sp³-hybridized carbons (Fsp3) is 0.217. The van der Waals surface area contributed by atoms with Crippen molar-refractivity contribution in [3.8, 4) is 34.1 Å². The Bertz CT molecular complexity index is 1720. The predicted molar refractivity (Wildman–Crippen MR) is 121 cm³/mol. The molecule has 0 amide bonds. The molecule has 0 fully saturated rings. The molecule has 0 bridgehead atoms. The molecule has 0 unspecified atom stereocenters. The third kappa shape index (κ3) is 2.54. The topological polar surface area (TPSA) is 132 Å². The van der Waals surface area contributed by atoms with Gasteiger partial charge in [0.25, 0.3) is 5.56 Å². The third-order valence-corrected chi connectivity index (χ3v) is 5.91. The Labute approximate surface area is 184 Å². The van der Waals surface area contributed by atoms with E-state index < -0.39 is 11.2 Å². The highest BCUT2D eigenvalue weighted by Gasteiger charge is 2.27. The molecular weight excluding hydrogens is 430 g/mol. The summed E-state index contributed by atoms with van der Waals surface area (Å²) in [5.41, 5.74) is 1.62. The van der Waals surface area contributed by atoms with Crippen LogP contribution in [0.2, 0.25) is 0 Å². The lowest BCUT2D eigenvalue weighted by Gasteiger charge is -2.12. The Morgan fingerprint density at radius 2 is 1.97 bits per heavy atom. The number of furan rings is 1. The monoisotopic (exact) mass is 449 g/mol. The van der Waals surface area contributed by atoms with Gasteiger partial charge in [0.15, 0.2) is 22.7 Å². The number of rotatable bonds is 3. The van der Waals surface area contributed by atoms with Crippen molar-refractivity contribution in [3.05, 3.63) is 44.8 Å². The van der Waals surface area contributed by atoms with E-state index in [1.165, 1.54) is 13.2 Å². The molecular formula is C23H19N3O7. The van der Waals surface area contributed by atoms with Crippen LogP contribution in [-0.4, -0.2) is 33.8 Å². The van der Waals surface area contributed by atoms with Gasteiger partial charge in [-0.3, -0.25) is 19.4 Å². The van der Waals surface area contributed by atoms with E-state index in [1.807, 2.05) is 13.8 Å². The number of phenols is 1. The molecule has 3 aromatic heterocycles. The smallest absolute Gasteiger partial charge is 0.274 e. The molecule has 4 heterocycles. The highest BCUT2D eigenvalue weighted by Crippen LogP contribution is 2.47. The lowest BCUT2D eigenvalue weighted by atomic mass is 10.0. The largest absolute Gasteiger partial charge is 0.502 e. The first-order valence-electron chi connectivity index (χ1n) is 10.3. The summed E-state index contributed by atoms with van der Waals surface area (Å²) in [5, 5.41) is 14.1. The maximum absolute atomic E-state index is 13.1. The minimum absolute atomic E-state index is 0.0443. The lowest BCUT2D eigenvalue weighted by Crippen LogP contribution is -2.07. The fourth-order valence-electron chi connectivity index (χ4n) is 4.40. The second kappa shape index (κ2) is 6.58. The van der Waals surface area contributed by atoms with E-state index in [4.69, 9.17) is 18.6 Å². The van der Waals surface area contributed by atoms with Gasteiger partial charge < -0.3 is 28.7 Å². The van der Waals surface area contributed by atoms with Crippen molar-refractivity contribution < 1.29 is 23.7 Å². The maximum atomic E-state index is 13.1. The van der Waals surface area contributed by atoms with E-state index >= 15 is 0 Å². The van der Waals surface area contributed by atoms with Crippen LogP contribution in [0.4, 0.5) is 0 Å². The number of aromatic amines is 2. The second-order valence-electron chi connectivity index (χ2n) is 8.14. The molecule has 0 atom stereocenters. The highest BCUT2D eigenvalue weighted by molar-refractivity contribution is 6.15. The molecule has 0 saturated carbocycles. The first-order chi connectivity index (χ1) is 15.9. The number of methoxy groups -OCH3 is 1. The normalized spacial score (nSPS) is 13.1. The summed E-state index contributed by atoms with van der Waals surface area (Å²) in [6.45, 7) is 3.94. The Balaban J connectivity index is 1.84. The lowest BCUT2D eigenvalue weighted by molar-refractivity contribution is 0.171. The first-order valence-corrected chi connectivity index (χ1v) is 10.3. The average Bonchev–Trinajstić information content (AvgIpc) is 3.50. The standard InChI is InChI=1S/C23H19N3O7/c1-9(2)26-22-16(23(29)25-26)15(10-6-13(30-3)20-14(7-10)31-8-32-20)21-17(24-22)11-4-5-12(27)18(28)19(11)33-21/h4-7,9,24,28H,8H2,1-3H3,(H,25,29). The molecule has 1 aliphatic heterocycles. The Kier molecular flexibility index (Phi) is 3.86. The number of aromatic hydroxyl groups is 1. The summed E-state index contributed by atoms with van der Waals surface area (Å²) in [7, 11) is 1.52. The Morgan fingerprint density at radius 3 is 2.73 bits per heavy atom. The van der Waals surface area contributed by atoms with Gasteiger partial charge in [0.2, 0.25) is 23.7 Å². The Morgan fingerprint density at radius 1 is 1.15 bits per heavy atom. The number of pyridine rings is 1. The SMILES string of the molecule is COc1cc(-c2c3oc4c(O)c(=O)ccc4c3[nH]c3c2c(=O)[nH]n3C(C)C)cc2c1OCO2. The van der Waals surface area contributed by atoms with Crippen LogP contribution in [0.5, 0.6) is 23.0 Å². The van der Waals surface area contributed by atoms with Crippen molar-refractivity contribution in [2.45, 2.75) is 19.9 Å². The van der Waals surface area contributed by atoms with Gasteiger partial charge in [-0.25, -0.2) is 0 Å². The molecule has 0 radical (unpaired) electrons. The van der Waals surface area contributed by atoms with Crippen LogP contribution in [0.1, 0.15) is 19.9 Å². The average molecular weight is 449 g/mol. The minimum atomic E-state index is -0.554. The fourth-order valence-corrected chi connectivity index (χ4v) is 4.40. The van der Waals surface area contributed by atoms with Crippen molar-refractivity contribution in [2.24, 2.45) is 0 Å². The molecule has 2 aromatic carbocycles. The third-order valence-electron chi connectivity index (χ3n) is 5.91. The van der Waals surface area contributed by atoms with Crippen molar-refractivity contribution in [1.82, 2.24) is 14.8 Å². The number of nitrogens with one attached hydrogen (secondary N) is 2. The number of benzene rings is 2. The van der Waals surface area contributed by atoms with Gasteiger partial charge in [-0.1, -0.05) is 0 Å². The van der Waals surface area contributed by atoms with E-state index in [1.54, 1.807) is 22.9 Å². The zero-order valence-electron chi connectivity index (χ0n) is 17.9. The van der Waals surface area contributed by atoms with E-state index in [-0.39, 0.29) is 24.0 Å². The quantitative estimate of drug-likeness (QED) is 0.383. The summed E-state index contributed by atoms with van der Waals surface area (Å²) in [4.78, 5) is 28.5. The summed E-state index contributed by atoms with van der Waals surface area (Å²) < 4.78 is 24.3. The van der Waals surface area contributed by atoms with Crippen LogP contribution in [0.3, 0.4) is 0 Å². The van der Waals surface area contributed by atoms with Crippen molar-refractivity contribution in [3.63, 3.8) is 0 Å². The molecule has 10 heteroatoms. The number of phenolic OH excluding ortho intramolecular Hbond substituents is 1. The van der Waals surface area contributed by atoms with Gasteiger partial charge >= 0.3 is 0 Å². The van der Waals surface area contributed by atoms with Gasteiger partial charge in [0.1, 0.15) is 5.65 Å². The van der Waals surface area contributed by atoms with E-state index in [2.05, 4.69) is 10.1 Å². The minimum Gasteiger partial charge on any atom is -0.502 e.